The van der Waals surface area contributed by atoms with Crippen LogP contribution in [0.4, 0.5) is 11.4 Å². The standard InChI is InChI=1S/C20H20N4O6S/c1-12-2-5-14(6-3-12)24-8-9-30-18(20(24)27)17(25)19(26)23-15-7-4-13(11-21)10-16(15)31(22,28)29/h2-7,10,17-18,25H,8-9H2,1H3,(H,23,26)(H2,22,28,29). The van der Waals surface area contributed by atoms with Gasteiger partial charge in [-0.25, -0.2) is 13.6 Å². The van der Waals surface area contributed by atoms with Crippen molar-refractivity contribution in [3.8, 4) is 6.07 Å². The van der Waals surface area contributed by atoms with Crippen molar-refractivity contribution < 1.29 is 27.9 Å². The maximum absolute atomic E-state index is 12.8. The highest BCUT2D eigenvalue weighted by molar-refractivity contribution is 7.89. The van der Waals surface area contributed by atoms with E-state index in [-0.39, 0.29) is 24.4 Å². The molecule has 31 heavy (non-hydrogen) atoms. The van der Waals surface area contributed by atoms with Crippen molar-refractivity contribution in [3.63, 3.8) is 0 Å². The second kappa shape index (κ2) is 8.83. The number of anilines is 2. The number of hydrogen-bond donors (Lipinski definition) is 3. The lowest BCUT2D eigenvalue weighted by atomic mass is 10.1. The number of aryl methyl sites for hydroxylation is 1. The molecular formula is C20H20N4O6S. The first-order valence-corrected chi connectivity index (χ1v) is 10.7. The lowest BCUT2D eigenvalue weighted by Crippen LogP contribution is -2.55. The van der Waals surface area contributed by atoms with Crippen LogP contribution >= 0.6 is 0 Å². The molecular weight excluding hydrogens is 424 g/mol. The minimum Gasteiger partial charge on any atom is -0.380 e. The second-order valence-electron chi connectivity index (χ2n) is 6.92. The van der Waals surface area contributed by atoms with Crippen LogP contribution in [-0.2, 0) is 24.3 Å². The molecule has 2 atom stereocenters. The number of rotatable bonds is 5. The van der Waals surface area contributed by atoms with E-state index in [0.29, 0.717) is 5.69 Å². The van der Waals surface area contributed by atoms with Crippen LogP contribution in [0, 0.1) is 18.3 Å². The van der Waals surface area contributed by atoms with Gasteiger partial charge in [0.05, 0.1) is 23.9 Å². The fourth-order valence-corrected chi connectivity index (χ4v) is 3.80. The molecule has 2 aromatic carbocycles. The number of ether oxygens (including phenoxy) is 1. The number of aliphatic hydroxyl groups is 1. The average molecular weight is 444 g/mol. The number of nitriles is 1. The number of nitrogens with one attached hydrogen (secondary N) is 1. The summed E-state index contributed by atoms with van der Waals surface area (Å²) in [4.78, 5) is 26.3. The van der Waals surface area contributed by atoms with Crippen molar-refractivity contribution >= 4 is 33.2 Å². The van der Waals surface area contributed by atoms with Crippen LogP contribution in [0.3, 0.4) is 0 Å². The molecule has 1 fully saturated rings. The van der Waals surface area contributed by atoms with Crippen LogP contribution in [-0.4, -0.2) is 50.7 Å². The molecule has 0 bridgehead atoms. The number of carbonyl (C=O) groups excluding carboxylic acids is 2. The number of nitrogens with zero attached hydrogens (tertiary/aromatic N) is 2. The lowest BCUT2D eigenvalue weighted by molar-refractivity contribution is -0.150. The van der Waals surface area contributed by atoms with E-state index in [4.69, 9.17) is 15.1 Å². The Morgan fingerprint density at radius 1 is 1.32 bits per heavy atom. The van der Waals surface area contributed by atoms with Gasteiger partial charge in [0.2, 0.25) is 10.0 Å². The van der Waals surface area contributed by atoms with Crippen LogP contribution in [0.5, 0.6) is 0 Å². The molecule has 1 aliphatic rings. The van der Waals surface area contributed by atoms with Crippen molar-refractivity contribution in [2.24, 2.45) is 5.14 Å². The zero-order valence-electron chi connectivity index (χ0n) is 16.5. The first-order valence-electron chi connectivity index (χ1n) is 9.17. The molecule has 2 aromatic rings. The molecule has 11 heteroatoms. The van der Waals surface area contributed by atoms with Gasteiger partial charge in [-0.1, -0.05) is 17.7 Å². The number of hydrogen-bond acceptors (Lipinski definition) is 7. The molecule has 10 nitrogen and oxygen atoms in total. The van der Waals surface area contributed by atoms with E-state index in [1.54, 1.807) is 18.2 Å². The van der Waals surface area contributed by atoms with Gasteiger partial charge < -0.3 is 20.1 Å². The first kappa shape index (κ1) is 22.4. The summed E-state index contributed by atoms with van der Waals surface area (Å²) in [5.41, 5.74) is 1.39. The molecule has 1 aliphatic heterocycles. The molecule has 1 saturated heterocycles. The van der Waals surface area contributed by atoms with E-state index < -0.39 is 38.9 Å². The molecule has 2 amide bonds. The third kappa shape index (κ3) is 4.89. The zero-order valence-corrected chi connectivity index (χ0v) is 17.3. The fraction of sp³-hybridized carbons (Fsp3) is 0.250. The molecule has 0 saturated carbocycles. The number of sulfonamides is 1. The van der Waals surface area contributed by atoms with Gasteiger partial charge in [-0.05, 0) is 37.3 Å². The van der Waals surface area contributed by atoms with E-state index in [0.717, 1.165) is 11.6 Å². The summed E-state index contributed by atoms with van der Waals surface area (Å²) in [6.07, 6.45) is -3.39. The van der Waals surface area contributed by atoms with Gasteiger partial charge in [0.15, 0.2) is 12.2 Å². The maximum atomic E-state index is 12.8. The highest BCUT2D eigenvalue weighted by atomic mass is 32.2. The molecule has 0 aliphatic carbocycles. The normalized spacial score (nSPS) is 17.7. The van der Waals surface area contributed by atoms with Gasteiger partial charge in [0, 0.05) is 12.2 Å². The molecule has 3 rings (SSSR count). The SMILES string of the molecule is Cc1ccc(N2CCOC(C(O)C(=O)Nc3ccc(C#N)cc3S(N)(=O)=O)C2=O)cc1. The van der Waals surface area contributed by atoms with Crippen LogP contribution in [0.1, 0.15) is 11.1 Å². The number of benzene rings is 2. The van der Waals surface area contributed by atoms with Crippen LogP contribution in [0.2, 0.25) is 0 Å². The zero-order chi connectivity index (χ0) is 22.8. The monoisotopic (exact) mass is 444 g/mol. The Kier molecular flexibility index (Phi) is 6.37. The van der Waals surface area contributed by atoms with Crippen LogP contribution < -0.4 is 15.4 Å². The Labute approximate surface area is 178 Å². The van der Waals surface area contributed by atoms with Gasteiger partial charge in [-0.15, -0.1) is 0 Å². The fourth-order valence-electron chi connectivity index (χ4n) is 3.09. The summed E-state index contributed by atoms with van der Waals surface area (Å²) >= 11 is 0. The van der Waals surface area contributed by atoms with Crippen LogP contribution in [0.15, 0.2) is 47.4 Å². The van der Waals surface area contributed by atoms with Gasteiger partial charge >= 0.3 is 0 Å². The van der Waals surface area contributed by atoms with Crippen molar-refractivity contribution in [1.29, 1.82) is 5.26 Å². The summed E-state index contributed by atoms with van der Waals surface area (Å²) in [5, 5.41) is 26.8. The Morgan fingerprint density at radius 2 is 2.00 bits per heavy atom. The molecule has 0 radical (unpaired) electrons. The molecule has 2 unspecified atom stereocenters. The summed E-state index contributed by atoms with van der Waals surface area (Å²) in [6, 6.07) is 12.4. The van der Waals surface area contributed by atoms with E-state index >= 15 is 0 Å². The summed E-state index contributed by atoms with van der Waals surface area (Å²) in [6.45, 7) is 2.24. The third-order valence-electron chi connectivity index (χ3n) is 4.70. The van der Waals surface area contributed by atoms with Gasteiger partial charge in [-0.3, -0.25) is 9.59 Å². The number of primary sulfonamides is 1. The molecule has 4 N–H and O–H groups in total. The first-order chi connectivity index (χ1) is 14.6. The number of amides is 2. The highest BCUT2D eigenvalue weighted by Crippen LogP contribution is 2.24. The van der Waals surface area contributed by atoms with Crippen molar-refractivity contribution in [2.75, 3.05) is 23.4 Å². The minimum atomic E-state index is -4.28. The van der Waals surface area contributed by atoms with Crippen molar-refractivity contribution in [1.82, 2.24) is 0 Å². The number of aliphatic hydroxyl groups excluding tert-OH is 1. The largest absolute Gasteiger partial charge is 0.380 e. The highest BCUT2D eigenvalue weighted by Gasteiger charge is 2.39. The number of morpholine rings is 1. The Bertz CT molecular complexity index is 1160. The molecule has 162 valence electrons. The second-order valence-corrected chi connectivity index (χ2v) is 8.45. The Morgan fingerprint density at radius 3 is 2.61 bits per heavy atom. The van der Waals surface area contributed by atoms with E-state index in [1.807, 2.05) is 19.1 Å². The lowest BCUT2D eigenvalue weighted by Gasteiger charge is -2.34. The van der Waals surface area contributed by atoms with E-state index in [2.05, 4.69) is 5.32 Å². The number of nitrogens with two attached hydrogens (primary N) is 1. The van der Waals surface area contributed by atoms with E-state index in [1.165, 1.54) is 17.0 Å². The van der Waals surface area contributed by atoms with Gasteiger partial charge in [-0.2, -0.15) is 5.26 Å². The topological polar surface area (TPSA) is 163 Å². The number of carbonyl (C=O) groups is 2. The Hall–Kier alpha value is -3.30. The predicted octanol–water partition coefficient (Wildman–Crippen LogP) is 0.246. The summed E-state index contributed by atoms with van der Waals surface area (Å²) < 4.78 is 29.0. The minimum absolute atomic E-state index is 0.0158. The van der Waals surface area contributed by atoms with Gasteiger partial charge in [0.25, 0.3) is 11.8 Å². The summed E-state index contributed by atoms with van der Waals surface area (Å²) in [5.74, 6) is -1.66. The molecule has 1 heterocycles. The maximum Gasteiger partial charge on any atom is 0.259 e. The molecule has 0 spiro atoms. The third-order valence-corrected chi connectivity index (χ3v) is 5.65. The summed E-state index contributed by atoms with van der Waals surface area (Å²) in [7, 11) is -4.28. The average Bonchev–Trinajstić information content (AvgIpc) is 2.73. The Balaban J connectivity index is 1.81. The van der Waals surface area contributed by atoms with E-state index in [9.17, 15) is 23.1 Å². The molecule has 0 aromatic heterocycles. The predicted molar refractivity (Wildman–Crippen MR) is 110 cm³/mol. The van der Waals surface area contributed by atoms with Gasteiger partial charge in [0.1, 0.15) is 4.90 Å². The van der Waals surface area contributed by atoms with Crippen LogP contribution in [0.25, 0.3) is 0 Å². The van der Waals surface area contributed by atoms with Crippen molar-refractivity contribution in [2.45, 2.75) is 24.0 Å². The smallest absolute Gasteiger partial charge is 0.259 e. The quantitative estimate of drug-likeness (QED) is 0.595. The van der Waals surface area contributed by atoms with Crippen molar-refractivity contribution in [3.05, 3.63) is 53.6 Å².